The first-order valence-corrected chi connectivity index (χ1v) is 12.1. The lowest BCUT2D eigenvalue weighted by Crippen LogP contribution is -2.61. The molecule has 0 bridgehead atoms. The lowest BCUT2D eigenvalue weighted by Gasteiger charge is -2.42. The molecule has 0 unspecified atom stereocenters. The minimum absolute atomic E-state index is 0.00930. The average Bonchev–Trinajstić information content (AvgIpc) is 2.78. The number of hydrazine groups is 1. The molecule has 0 aliphatic carbocycles. The number of carboxylic acid groups (broad SMARTS) is 1. The molecule has 2 atom stereocenters. The SMILES string of the molecule is CC(C)CC[C@H](CC(=O)OC(C)(C)C)C(=O)N1[C@H](C(=O)O)CCCN1C(=O)OCc1ccccc1. The van der Waals surface area contributed by atoms with E-state index in [1.165, 1.54) is 0 Å². The molecule has 9 heteroatoms. The maximum atomic E-state index is 13.7. The largest absolute Gasteiger partial charge is 0.480 e. The second-order valence-electron chi connectivity index (χ2n) is 10.3. The summed E-state index contributed by atoms with van der Waals surface area (Å²) in [6.07, 6.45) is 0.636. The predicted octanol–water partition coefficient (Wildman–Crippen LogP) is 4.40. The summed E-state index contributed by atoms with van der Waals surface area (Å²) >= 11 is 0. The van der Waals surface area contributed by atoms with Crippen LogP contribution in [0.5, 0.6) is 0 Å². The van der Waals surface area contributed by atoms with Crippen LogP contribution < -0.4 is 0 Å². The fourth-order valence-electron chi connectivity index (χ4n) is 3.93. The highest BCUT2D eigenvalue weighted by atomic mass is 16.6. The van der Waals surface area contributed by atoms with E-state index in [2.05, 4.69) is 0 Å². The zero-order chi connectivity index (χ0) is 26.2. The van der Waals surface area contributed by atoms with Gasteiger partial charge in [-0.1, -0.05) is 50.6 Å². The lowest BCUT2D eigenvalue weighted by molar-refractivity contribution is -0.176. The monoisotopic (exact) mass is 490 g/mol. The van der Waals surface area contributed by atoms with Crippen LogP contribution in [0.2, 0.25) is 0 Å². The Bertz CT molecular complexity index is 879. The Balaban J connectivity index is 2.27. The predicted molar refractivity (Wildman–Crippen MR) is 129 cm³/mol. The minimum atomic E-state index is -1.22. The van der Waals surface area contributed by atoms with Crippen molar-refractivity contribution in [2.24, 2.45) is 11.8 Å². The van der Waals surface area contributed by atoms with Gasteiger partial charge in [0.2, 0.25) is 5.91 Å². The summed E-state index contributed by atoms with van der Waals surface area (Å²) < 4.78 is 10.8. The van der Waals surface area contributed by atoms with E-state index in [1.54, 1.807) is 32.9 Å². The number of hydrogen-bond donors (Lipinski definition) is 1. The van der Waals surface area contributed by atoms with Crippen LogP contribution in [0.4, 0.5) is 4.79 Å². The van der Waals surface area contributed by atoms with E-state index in [9.17, 15) is 24.3 Å². The first-order valence-electron chi connectivity index (χ1n) is 12.1. The second kappa shape index (κ2) is 12.6. The van der Waals surface area contributed by atoms with Crippen LogP contribution in [-0.2, 0) is 30.5 Å². The number of nitrogens with zero attached hydrogens (tertiary/aromatic N) is 2. The summed E-state index contributed by atoms with van der Waals surface area (Å²) in [4.78, 5) is 51.3. The van der Waals surface area contributed by atoms with E-state index in [4.69, 9.17) is 9.47 Å². The van der Waals surface area contributed by atoms with Crippen molar-refractivity contribution in [3.05, 3.63) is 35.9 Å². The van der Waals surface area contributed by atoms with Crippen molar-refractivity contribution in [2.75, 3.05) is 6.54 Å². The van der Waals surface area contributed by atoms with Gasteiger partial charge in [-0.05, 0) is 51.5 Å². The zero-order valence-electron chi connectivity index (χ0n) is 21.4. The third kappa shape index (κ3) is 8.88. The van der Waals surface area contributed by atoms with Crippen LogP contribution in [0.15, 0.2) is 30.3 Å². The molecule has 194 valence electrons. The second-order valence-corrected chi connectivity index (χ2v) is 10.3. The van der Waals surface area contributed by atoms with Gasteiger partial charge in [-0.2, -0.15) is 0 Å². The van der Waals surface area contributed by atoms with Crippen molar-refractivity contribution in [1.29, 1.82) is 0 Å². The third-order valence-electron chi connectivity index (χ3n) is 5.60. The van der Waals surface area contributed by atoms with Crippen molar-refractivity contribution in [1.82, 2.24) is 10.0 Å². The first-order chi connectivity index (χ1) is 16.4. The maximum Gasteiger partial charge on any atom is 0.429 e. The molecule has 0 spiro atoms. The molecule has 0 aromatic heterocycles. The van der Waals surface area contributed by atoms with E-state index < -0.39 is 41.5 Å². The Kier molecular flexibility index (Phi) is 10.1. The number of amides is 2. The van der Waals surface area contributed by atoms with Gasteiger partial charge < -0.3 is 14.6 Å². The van der Waals surface area contributed by atoms with Crippen LogP contribution >= 0.6 is 0 Å². The number of aliphatic carboxylic acids is 1. The van der Waals surface area contributed by atoms with Crippen LogP contribution in [-0.4, -0.2) is 57.3 Å². The fraction of sp³-hybridized carbons (Fsp3) is 0.615. The molecule has 2 rings (SSSR count). The number of carboxylic acids is 1. The first kappa shape index (κ1) is 28.1. The number of ether oxygens (including phenoxy) is 2. The van der Waals surface area contributed by atoms with Gasteiger partial charge in [0, 0.05) is 6.54 Å². The zero-order valence-corrected chi connectivity index (χ0v) is 21.4. The van der Waals surface area contributed by atoms with Gasteiger partial charge >= 0.3 is 18.0 Å². The van der Waals surface area contributed by atoms with Crippen molar-refractivity contribution in [3.63, 3.8) is 0 Å². The molecule has 1 saturated heterocycles. The Morgan fingerprint density at radius 2 is 1.74 bits per heavy atom. The van der Waals surface area contributed by atoms with E-state index in [0.29, 0.717) is 19.3 Å². The minimum Gasteiger partial charge on any atom is -0.480 e. The van der Waals surface area contributed by atoms with E-state index in [-0.39, 0.29) is 31.9 Å². The Labute approximate surface area is 207 Å². The molecule has 1 fully saturated rings. The Morgan fingerprint density at radius 3 is 2.31 bits per heavy atom. The van der Waals surface area contributed by atoms with Crippen molar-refractivity contribution in [2.45, 2.75) is 85.0 Å². The Morgan fingerprint density at radius 1 is 1.09 bits per heavy atom. The van der Waals surface area contributed by atoms with Gasteiger partial charge in [0.25, 0.3) is 0 Å². The molecular formula is C26H38N2O7. The number of carbonyl (C=O) groups is 4. The third-order valence-corrected chi connectivity index (χ3v) is 5.60. The van der Waals surface area contributed by atoms with Crippen LogP contribution in [0, 0.1) is 11.8 Å². The topological polar surface area (TPSA) is 113 Å². The summed E-state index contributed by atoms with van der Waals surface area (Å²) in [5.74, 6) is -2.88. The van der Waals surface area contributed by atoms with Gasteiger partial charge in [-0.25, -0.2) is 19.6 Å². The van der Waals surface area contributed by atoms with Gasteiger partial charge in [-0.3, -0.25) is 9.59 Å². The van der Waals surface area contributed by atoms with Crippen LogP contribution in [0.1, 0.15) is 72.3 Å². The number of rotatable bonds is 9. The van der Waals surface area contributed by atoms with Crippen molar-refractivity contribution in [3.8, 4) is 0 Å². The average molecular weight is 491 g/mol. The quantitative estimate of drug-likeness (QED) is 0.510. The molecule has 1 aliphatic heterocycles. The summed E-state index contributed by atoms with van der Waals surface area (Å²) in [7, 11) is 0. The fourth-order valence-corrected chi connectivity index (χ4v) is 3.93. The standard InChI is InChI=1S/C26H38N2O7/c1-18(2)13-14-20(16-22(29)35-26(3,4)5)23(30)28-21(24(31)32)12-9-15-27(28)25(33)34-17-19-10-7-6-8-11-19/h6-8,10-11,18,20-21H,9,12-17H2,1-5H3,(H,31,32)/t20-,21+/m1/s1. The molecule has 1 aromatic rings. The smallest absolute Gasteiger partial charge is 0.429 e. The summed E-state index contributed by atoms with van der Waals surface area (Å²) in [5.41, 5.74) is 0.0512. The summed E-state index contributed by atoms with van der Waals surface area (Å²) in [6, 6.07) is 7.85. The highest BCUT2D eigenvalue weighted by molar-refractivity contribution is 5.89. The highest BCUT2D eigenvalue weighted by Gasteiger charge is 2.43. The van der Waals surface area contributed by atoms with Crippen molar-refractivity contribution >= 4 is 23.9 Å². The number of hydrogen-bond acceptors (Lipinski definition) is 6. The van der Waals surface area contributed by atoms with E-state index >= 15 is 0 Å². The molecule has 1 N–H and O–H groups in total. The van der Waals surface area contributed by atoms with Crippen LogP contribution in [0.25, 0.3) is 0 Å². The number of benzene rings is 1. The summed E-state index contributed by atoms with van der Waals surface area (Å²) in [6.45, 7) is 9.37. The normalized spacial score (nSPS) is 17.1. The lowest BCUT2D eigenvalue weighted by atomic mass is 9.93. The molecule has 0 radical (unpaired) electrons. The Hall–Kier alpha value is -3.10. The number of esters is 1. The van der Waals surface area contributed by atoms with Gasteiger partial charge in [0.1, 0.15) is 12.2 Å². The number of carbonyl (C=O) groups excluding carboxylic acids is 3. The molecule has 9 nitrogen and oxygen atoms in total. The van der Waals surface area contributed by atoms with Gasteiger partial charge in [0.05, 0.1) is 12.3 Å². The molecule has 35 heavy (non-hydrogen) atoms. The van der Waals surface area contributed by atoms with Crippen molar-refractivity contribution < 1.29 is 33.8 Å². The molecule has 0 saturated carbocycles. The maximum absolute atomic E-state index is 13.7. The van der Waals surface area contributed by atoms with E-state index in [1.807, 2.05) is 32.0 Å². The van der Waals surface area contributed by atoms with Gasteiger partial charge in [-0.15, -0.1) is 0 Å². The van der Waals surface area contributed by atoms with E-state index in [0.717, 1.165) is 15.6 Å². The van der Waals surface area contributed by atoms with Crippen LogP contribution in [0.3, 0.4) is 0 Å². The molecular weight excluding hydrogens is 452 g/mol. The molecule has 1 heterocycles. The molecule has 1 aliphatic rings. The highest BCUT2D eigenvalue weighted by Crippen LogP contribution is 2.27. The summed E-state index contributed by atoms with van der Waals surface area (Å²) in [5, 5.41) is 11.9. The van der Waals surface area contributed by atoms with Gasteiger partial charge in [0.15, 0.2) is 6.04 Å². The molecule has 2 amide bonds. The molecule has 1 aromatic carbocycles.